The maximum Gasteiger partial charge on any atom is 0.306 e. The van der Waals surface area contributed by atoms with Gasteiger partial charge < -0.3 is 19.2 Å². The number of aliphatic carboxylic acids is 1. The smallest absolute Gasteiger partial charge is 0.306 e. The van der Waals surface area contributed by atoms with E-state index in [-0.39, 0.29) is 18.2 Å². The molecule has 1 heterocycles. The molecule has 2 atom stereocenters. The Morgan fingerprint density at radius 1 is 1.31 bits per heavy atom. The number of carboxylic acid groups (broad SMARTS) is 1. The van der Waals surface area contributed by atoms with Crippen LogP contribution in [0.2, 0.25) is 0 Å². The molecule has 3 rings (SSSR count). The molecule has 0 bridgehead atoms. The van der Waals surface area contributed by atoms with Gasteiger partial charge in [-0.25, -0.2) is 4.39 Å². The fourth-order valence-electron chi connectivity index (χ4n) is 3.33. The molecule has 0 saturated heterocycles. The Morgan fingerprint density at radius 3 is 2.65 bits per heavy atom. The summed E-state index contributed by atoms with van der Waals surface area (Å²) >= 11 is 0. The molecule has 1 aliphatic rings. The largest absolute Gasteiger partial charge is 0.494 e. The number of amides is 1. The maximum atomic E-state index is 14.1. The number of hydrogen-bond acceptors (Lipinski definition) is 4. The summed E-state index contributed by atoms with van der Waals surface area (Å²) in [7, 11) is 1.37. The van der Waals surface area contributed by atoms with Gasteiger partial charge in [0.2, 0.25) is 5.91 Å². The summed E-state index contributed by atoms with van der Waals surface area (Å²) in [5.74, 6) is -1.95. The number of halogens is 1. The summed E-state index contributed by atoms with van der Waals surface area (Å²) in [6.45, 7) is 0.145. The summed E-state index contributed by atoms with van der Waals surface area (Å²) in [6.07, 6.45) is 2.77. The average Bonchev–Trinajstić information content (AvgIpc) is 3.30. The van der Waals surface area contributed by atoms with Gasteiger partial charge in [0, 0.05) is 17.7 Å². The second kappa shape index (κ2) is 7.59. The molecular weight excluding hydrogens is 341 g/mol. The summed E-state index contributed by atoms with van der Waals surface area (Å²) in [5, 5.41) is 9.17. The molecule has 6 nitrogen and oxygen atoms in total. The van der Waals surface area contributed by atoms with Gasteiger partial charge in [-0.05, 0) is 43.5 Å². The minimum absolute atomic E-state index is 0.0888. The zero-order chi connectivity index (χ0) is 18.7. The van der Waals surface area contributed by atoms with Crippen LogP contribution in [-0.2, 0) is 16.1 Å². The number of hydrogen-bond donors (Lipinski definition) is 1. The predicted octanol–water partition coefficient (Wildman–Crippen LogP) is 3.46. The molecule has 1 aromatic heterocycles. The third kappa shape index (κ3) is 3.71. The summed E-state index contributed by atoms with van der Waals surface area (Å²) in [6, 6.07) is 7.74. The Labute approximate surface area is 150 Å². The van der Waals surface area contributed by atoms with Crippen LogP contribution in [0.15, 0.2) is 41.0 Å². The molecule has 0 radical (unpaired) electrons. The fourth-order valence-corrected chi connectivity index (χ4v) is 3.33. The summed E-state index contributed by atoms with van der Waals surface area (Å²) in [4.78, 5) is 25.7. The first kappa shape index (κ1) is 18.0. The van der Waals surface area contributed by atoms with Crippen LogP contribution < -0.4 is 9.64 Å². The normalized spacial score (nSPS) is 19.3. The number of furan rings is 1. The molecule has 0 spiro atoms. The topological polar surface area (TPSA) is 80.0 Å². The van der Waals surface area contributed by atoms with Crippen molar-refractivity contribution >= 4 is 17.6 Å². The molecule has 2 aromatic rings. The molecule has 1 N–H and O–H groups in total. The quantitative estimate of drug-likeness (QED) is 0.852. The first-order valence-electron chi connectivity index (χ1n) is 8.39. The molecule has 1 aliphatic carbocycles. The van der Waals surface area contributed by atoms with Crippen molar-refractivity contribution in [2.45, 2.75) is 25.8 Å². The van der Waals surface area contributed by atoms with Crippen molar-refractivity contribution in [2.24, 2.45) is 11.8 Å². The Balaban J connectivity index is 1.87. The SMILES string of the molecule is COc1ccc(N(Cc2ccco2)C(=O)[C@@H]2CC[C@H](C(=O)O)C2)cc1F. The highest BCUT2D eigenvalue weighted by molar-refractivity contribution is 5.95. The van der Waals surface area contributed by atoms with Crippen LogP contribution in [0.25, 0.3) is 0 Å². The van der Waals surface area contributed by atoms with Gasteiger partial charge in [-0.2, -0.15) is 0 Å². The van der Waals surface area contributed by atoms with Crippen LogP contribution in [0.3, 0.4) is 0 Å². The third-order valence-electron chi connectivity index (χ3n) is 4.74. The van der Waals surface area contributed by atoms with Gasteiger partial charge in [0.25, 0.3) is 0 Å². The first-order chi connectivity index (χ1) is 12.5. The van der Waals surface area contributed by atoms with Gasteiger partial charge in [-0.15, -0.1) is 0 Å². The second-order valence-electron chi connectivity index (χ2n) is 6.37. The number of rotatable bonds is 6. The highest BCUT2D eigenvalue weighted by Crippen LogP contribution is 2.34. The third-order valence-corrected chi connectivity index (χ3v) is 4.74. The van der Waals surface area contributed by atoms with Gasteiger partial charge in [-0.1, -0.05) is 0 Å². The second-order valence-corrected chi connectivity index (χ2v) is 6.37. The molecule has 7 heteroatoms. The molecule has 1 fully saturated rings. The zero-order valence-corrected chi connectivity index (χ0v) is 14.4. The molecular formula is C19H20FNO5. The molecule has 0 unspecified atom stereocenters. The van der Waals surface area contributed by atoms with Gasteiger partial charge in [0.05, 0.1) is 25.8 Å². The molecule has 26 heavy (non-hydrogen) atoms. The van der Waals surface area contributed by atoms with Crippen LogP contribution in [0.5, 0.6) is 5.75 Å². The van der Waals surface area contributed by atoms with Crippen LogP contribution >= 0.6 is 0 Å². The number of methoxy groups -OCH3 is 1. The van der Waals surface area contributed by atoms with Crippen molar-refractivity contribution in [3.05, 3.63) is 48.2 Å². The highest BCUT2D eigenvalue weighted by atomic mass is 19.1. The monoisotopic (exact) mass is 361 g/mol. The summed E-state index contributed by atoms with van der Waals surface area (Å²) in [5.41, 5.74) is 0.378. The van der Waals surface area contributed by atoms with Gasteiger partial charge in [0.15, 0.2) is 11.6 Å². The van der Waals surface area contributed by atoms with E-state index in [2.05, 4.69) is 0 Å². The van der Waals surface area contributed by atoms with Crippen molar-refractivity contribution in [1.82, 2.24) is 0 Å². The van der Waals surface area contributed by atoms with Crippen molar-refractivity contribution in [1.29, 1.82) is 0 Å². The van der Waals surface area contributed by atoms with E-state index >= 15 is 0 Å². The average molecular weight is 361 g/mol. The van der Waals surface area contributed by atoms with Gasteiger partial charge >= 0.3 is 5.97 Å². The fraction of sp³-hybridized carbons (Fsp3) is 0.368. The first-order valence-corrected chi connectivity index (χ1v) is 8.39. The number of anilines is 1. The number of benzene rings is 1. The van der Waals surface area contributed by atoms with Crippen molar-refractivity contribution in [3.8, 4) is 5.75 Å². The standard InChI is InChI=1S/C19H20FNO5/c1-25-17-7-6-14(10-16(17)20)21(11-15-3-2-8-26-15)18(22)12-4-5-13(9-12)19(23)24/h2-3,6-8,10,12-13H,4-5,9,11H2,1H3,(H,23,24)/t12-,13+/m1/s1. The lowest BCUT2D eigenvalue weighted by atomic mass is 10.0. The molecule has 1 saturated carbocycles. The minimum Gasteiger partial charge on any atom is -0.494 e. The summed E-state index contributed by atoms with van der Waals surface area (Å²) < 4.78 is 24.4. The maximum absolute atomic E-state index is 14.1. The van der Waals surface area contributed by atoms with Gasteiger partial charge in [-0.3, -0.25) is 9.59 Å². The number of ether oxygens (including phenoxy) is 1. The molecule has 1 amide bonds. The van der Waals surface area contributed by atoms with E-state index in [9.17, 15) is 14.0 Å². The number of carbonyl (C=O) groups is 2. The molecule has 138 valence electrons. The number of carboxylic acids is 1. The van der Waals surface area contributed by atoms with E-state index in [4.69, 9.17) is 14.3 Å². The predicted molar refractivity (Wildman–Crippen MR) is 91.3 cm³/mol. The Kier molecular flexibility index (Phi) is 5.25. The van der Waals surface area contributed by atoms with Crippen molar-refractivity contribution in [2.75, 3.05) is 12.0 Å². The molecule has 1 aromatic carbocycles. The van der Waals surface area contributed by atoms with Crippen LogP contribution in [-0.4, -0.2) is 24.1 Å². The highest BCUT2D eigenvalue weighted by Gasteiger charge is 2.36. The lowest BCUT2D eigenvalue weighted by Gasteiger charge is -2.25. The lowest BCUT2D eigenvalue weighted by molar-refractivity contribution is -0.141. The van der Waals surface area contributed by atoms with E-state index < -0.39 is 23.6 Å². The van der Waals surface area contributed by atoms with Crippen LogP contribution in [0.1, 0.15) is 25.0 Å². The van der Waals surface area contributed by atoms with Gasteiger partial charge in [0.1, 0.15) is 5.76 Å². The van der Waals surface area contributed by atoms with E-state index in [1.165, 1.54) is 30.4 Å². The van der Waals surface area contributed by atoms with E-state index in [1.54, 1.807) is 18.2 Å². The minimum atomic E-state index is -0.881. The number of carbonyl (C=O) groups excluding carboxylic acids is 1. The van der Waals surface area contributed by atoms with E-state index in [0.29, 0.717) is 30.7 Å². The van der Waals surface area contributed by atoms with Crippen molar-refractivity contribution in [3.63, 3.8) is 0 Å². The Morgan fingerprint density at radius 2 is 2.08 bits per heavy atom. The van der Waals surface area contributed by atoms with Crippen LogP contribution in [0, 0.1) is 17.7 Å². The Bertz CT molecular complexity index is 789. The Hall–Kier alpha value is -2.83. The van der Waals surface area contributed by atoms with Crippen molar-refractivity contribution < 1.29 is 28.2 Å². The lowest BCUT2D eigenvalue weighted by Crippen LogP contribution is -2.35. The zero-order valence-electron chi connectivity index (χ0n) is 14.4. The van der Waals surface area contributed by atoms with E-state index in [0.717, 1.165) is 0 Å². The van der Waals surface area contributed by atoms with E-state index in [1.807, 2.05) is 0 Å². The molecule has 0 aliphatic heterocycles. The number of nitrogens with zero attached hydrogens (tertiary/aromatic N) is 1. The van der Waals surface area contributed by atoms with Crippen LogP contribution in [0.4, 0.5) is 10.1 Å².